The number of carbonyl (C=O) groups excluding carboxylic acids is 1. The van der Waals surface area contributed by atoms with Crippen molar-refractivity contribution in [1.29, 1.82) is 0 Å². The van der Waals surface area contributed by atoms with Crippen LogP contribution in [-0.2, 0) is 6.42 Å². The van der Waals surface area contributed by atoms with E-state index in [4.69, 9.17) is 9.97 Å². The highest BCUT2D eigenvalue weighted by molar-refractivity contribution is 5.94. The van der Waals surface area contributed by atoms with Crippen LogP contribution in [-0.4, -0.2) is 54.6 Å². The third-order valence-electron chi connectivity index (χ3n) is 9.65. The van der Waals surface area contributed by atoms with Crippen LogP contribution in [0, 0.1) is 13.8 Å². The summed E-state index contributed by atoms with van der Waals surface area (Å²) in [6.07, 6.45) is 11.6. The Balaban J connectivity index is 1.15. The summed E-state index contributed by atoms with van der Waals surface area (Å²) in [6, 6.07) is 13.0. The van der Waals surface area contributed by atoms with Gasteiger partial charge in [-0.15, -0.1) is 0 Å². The summed E-state index contributed by atoms with van der Waals surface area (Å²) >= 11 is 0. The summed E-state index contributed by atoms with van der Waals surface area (Å²) in [5, 5.41) is 14.9. The van der Waals surface area contributed by atoms with Crippen LogP contribution in [0.2, 0.25) is 0 Å². The monoisotopic (exact) mass is 564 g/mol. The molecule has 218 valence electrons. The minimum absolute atomic E-state index is 0.0952. The van der Waals surface area contributed by atoms with E-state index in [0.717, 1.165) is 92.4 Å². The number of aryl methyl sites for hydroxylation is 3. The van der Waals surface area contributed by atoms with Gasteiger partial charge in [0.05, 0.1) is 12.1 Å². The van der Waals surface area contributed by atoms with Crippen LogP contribution < -0.4 is 5.32 Å². The molecule has 2 aliphatic carbocycles. The van der Waals surface area contributed by atoms with Crippen LogP contribution in [0.1, 0.15) is 101 Å². The number of hydrogen-bond donors (Lipinski definition) is 2. The molecule has 1 aliphatic heterocycles. The Bertz CT molecular complexity index is 1590. The van der Waals surface area contributed by atoms with E-state index in [2.05, 4.69) is 45.3 Å². The van der Waals surface area contributed by atoms with Gasteiger partial charge in [-0.2, -0.15) is 4.98 Å². The van der Waals surface area contributed by atoms with E-state index in [0.29, 0.717) is 17.9 Å². The molecule has 1 amide bonds. The van der Waals surface area contributed by atoms with Crippen LogP contribution in [0.3, 0.4) is 0 Å². The summed E-state index contributed by atoms with van der Waals surface area (Å²) in [5.74, 6) is 1.11. The molecule has 0 spiro atoms. The number of likely N-dealkylation sites (tertiary alicyclic amines) is 1. The molecule has 3 aromatic heterocycles. The third kappa shape index (κ3) is 5.17. The summed E-state index contributed by atoms with van der Waals surface area (Å²) in [6.45, 7) is 5.34. The first-order valence-corrected chi connectivity index (χ1v) is 15.6. The van der Waals surface area contributed by atoms with E-state index < -0.39 is 0 Å². The number of fused-ring (bicyclic) bond motifs is 2. The molecular weight excluding hydrogens is 524 g/mol. The highest BCUT2D eigenvalue weighted by atomic mass is 16.3. The van der Waals surface area contributed by atoms with E-state index >= 15 is 0 Å². The fourth-order valence-electron chi connectivity index (χ4n) is 7.46. The molecule has 3 aliphatic rings. The molecule has 0 bridgehead atoms. The fourth-order valence-corrected chi connectivity index (χ4v) is 7.46. The predicted octanol–water partition coefficient (Wildman–Crippen LogP) is 6.04. The average Bonchev–Trinajstić information content (AvgIpc) is 3.58. The van der Waals surface area contributed by atoms with Gasteiger partial charge in [0.1, 0.15) is 5.65 Å². The normalized spacial score (nSPS) is 22.8. The van der Waals surface area contributed by atoms with Gasteiger partial charge in [-0.25, -0.2) is 4.98 Å². The smallest absolute Gasteiger partial charge is 0.253 e. The maximum atomic E-state index is 13.3. The highest BCUT2D eigenvalue weighted by Crippen LogP contribution is 2.39. The first kappa shape index (κ1) is 27.1. The fraction of sp³-hybridized carbons (Fsp3) is 0.471. The Morgan fingerprint density at radius 2 is 1.67 bits per heavy atom. The topological polar surface area (TPSA) is 96.2 Å². The number of nitrogens with zero attached hydrogens (tertiary/aromatic N) is 5. The average molecular weight is 565 g/mol. The van der Waals surface area contributed by atoms with Crippen molar-refractivity contribution in [3.8, 4) is 0 Å². The number of amides is 1. The quantitative estimate of drug-likeness (QED) is 0.307. The van der Waals surface area contributed by atoms with Crippen molar-refractivity contribution in [2.45, 2.75) is 89.3 Å². The molecular formula is C34H40N6O2. The largest absolute Gasteiger partial charge is 0.393 e. The van der Waals surface area contributed by atoms with Crippen molar-refractivity contribution in [3.63, 3.8) is 0 Å². The maximum absolute atomic E-state index is 13.3. The van der Waals surface area contributed by atoms with Crippen molar-refractivity contribution in [1.82, 2.24) is 24.4 Å². The van der Waals surface area contributed by atoms with Gasteiger partial charge in [-0.3, -0.25) is 9.78 Å². The summed E-state index contributed by atoms with van der Waals surface area (Å²) in [5.41, 5.74) is 7.50. The molecule has 2 fully saturated rings. The number of aliphatic hydroxyl groups excluding tert-OH is 1. The first-order valence-electron chi connectivity index (χ1n) is 15.6. The lowest BCUT2D eigenvalue weighted by atomic mass is 9.89. The Kier molecular flexibility index (Phi) is 7.18. The predicted molar refractivity (Wildman–Crippen MR) is 164 cm³/mol. The molecule has 42 heavy (non-hydrogen) atoms. The third-order valence-corrected chi connectivity index (χ3v) is 9.65. The van der Waals surface area contributed by atoms with Crippen LogP contribution in [0.15, 0.2) is 48.8 Å². The van der Waals surface area contributed by atoms with E-state index in [1.165, 1.54) is 16.7 Å². The lowest BCUT2D eigenvalue weighted by Crippen LogP contribution is -2.38. The molecule has 4 aromatic rings. The molecule has 8 nitrogen and oxygen atoms in total. The van der Waals surface area contributed by atoms with Gasteiger partial charge < -0.3 is 19.9 Å². The van der Waals surface area contributed by atoms with Crippen molar-refractivity contribution in [2.24, 2.45) is 0 Å². The Morgan fingerprint density at radius 1 is 0.929 bits per heavy atom. The zero-order valence-electron chi connectivity index (χ0n) is 24.6. The number of pyridine rings is 1. The van der Waals surface area contributed by atoms with Gasteiger partial charge in [0.15, 0.2) is 0 Å². The highest BCUT2D eigenvalue weighted by Gasteiger charge is 2.30. The minimum atomic E-state index is -0.202. The number of anilines is 1. The van der Waals surface area contributed by atoms with Crippen molar-refractivity contribution in [3.05, 3.63) is 82.4 Å². The van der Waals surface area contributed by atoms with Crippen LogP contribution in [0.4, 0.5) is 5.95 Å². The summed E-state index contributed by atoms with van der Waals surface area (Å²) in [7, 11) is 0. The number of piperidine rings is 1. The van der Waals surface area contributed by atoms with E-state index in [1.54, 1.807) is 0 Å². The molecule has 7 rings (SSSR count). The second kappa shape index (κ2) is 11.1. The van der Waals surface area contributed by atoms with Gasteiger partial charge in [0.2, 0.25) is 5.95 Å². The molecule has 8 heteroatoms. The van der Waals surface area contributed by atoms with Crippen LogP contribution in [0.5, 0.6) is 0 Å². The zero-order valence-corrected chi connectivity index (χ0v) is 24.6. The number of hydrogen-bond acceptors (Lipinski definition) is 6. The maximum Gasteiger partial charge on any atom is 0.253 e. The molecule has 0 unspecified atom stereocenters. The van der Waals surface area contributed by atoms with Gasteiger partial charge in [0.25, 0.3) is 5.91 Å². The second-order valence-corrected chi connectivity index (χ2v) is 12.5. The summed E-state index contributed by atoms with van der Waals surface area (Å²) < 4.78 is 2.37. The van der Waals surface area contributed by atoms with Crippen molar-refractivity contribution >= 4 is 22.9 Å². The molecule has 0 radical (unpaired) electrons. The van der Waals surface area contributed by atoms with Crippen LogP contribution >= 0.6 is 0 Å². The molecule has 1 saturated heterocycles. The number of carbonyl (C=O) groups is 1. The van der Waals surface area contributed by atoms with Gasteiger partial charge in [-0.05, 0) is 100.0 Å². The van der Waals surface area contributed by atoms with Crippen molar-refractivity contribution < 1.29 is 9.90 Å². The van der Waals surface area contributed by atoms with E-state index in [1.807, 2.05) is 37.1 Å². The van der Waals surface area contributed by atoms with Crippen molar-refractivity contribution in [2.75, 3.05) is 18.4 Å². The van der Waals surface area contributed by atoms with E-state index in [-0.39, 0.29) is 18.1 Å². The summed E-state index contributed by atoms with van der Waals surface area (Å²) in [4.78, 5) is 29.7. The van der Waals surface area contributed by atoms with Gasteiger partial charge in [-0.1, -0.05) is 24.3 Å². The number of nitrogens with one attached hydrogen (secondary N) is 1. The Labute approximate surface area is 247 Å². The first-order chi connectivity index (χ1) is 20.4. The van der Waals surface area contributed by atoms with Gasteiger partial charge in [0, 0.05) is 53.9 Å². The Hall–Kier alpha value is -3.78. The molecule has 1 saturated carbocycles. The van der Waals surface area contributed by atoms with E-state index in [9.17, 15) is 9.90 Å². The lowest BCUT2D eigenvalue weighted by Gasteiger charge is -2.32. The molecule has 1 aromatic carbocycles. The van der Waals surface area contributed by atoms with Crippen LogP contribution in [0.25, 0.3) is 11.0 Å². The standard InChI is InChI=1S/C34H40N6O2/c1-21-17-25(18-22(2)36-21)33(42)39-15-13-24(14-16-39)30-20-40(26-8-10-27(41)11-9-26)32-29(30)19-35-34(38-32)37-31-12-7-23-5-3-4-6-28(23)31/h3-6,17-20,24,26-27,31,41H,7-16H2,1-2H3,(H,35,37,38)/t26-,27-,31-/m0/s1. The Morgan fingerprint density at radius 3 is 2.43 bits per heavy atom. The van der Waals surface area contributed by atoms with Gasteiger partial charge >= 0.3 is 0 Å². The number of rotatable bonds is 5. The number of benzene rings is 1. The SMILES string of the molecule is Cc1cc(C(=O)N2CCC(c3cn([C@H]4CC[C@H](O)CC4)c4nc(N[C@H]5CCc6ccccc65)ncc34)CC2)cc(C)n1. The number of aliphatic hydroxyl groups is 1. The molecule has 2 N–H and O–H groups in total. The minimum Gasteiger partial charge on any atom is -0.393 e. The second-order valence-electron chi connectivity index (χ2n) is 12.5. The number of aromatic nitrogens is 4. The molecule has 1 atom stereocenters. The zero-order chi connectivity index (χ0) is 28.8. The molecule has 4 heterocycles. The lowest BCUT2D eigenvalue weighted by molar-refractivity contribution is 0.0712.